The number of rotatable bonds is 6. The van der Waals surface area contributed by atoms with Gasteiger partial charge in [0.25, 0.3) is 0 Å². The molecule has 4 nitrogen and oxygen atoms in total. The topological polar surface area (TPSA) is 43.8 Å². The third-order valence-electron chi connectivity index (χ3n) is 2.91. The molecule has 1 aromatic rings. The molecule has 0 saturated heterocycles. The van der Waals surface area contributed by atoms with E-state index in [1.54, 1.807) is 31.1 Å². The van der Waals surface area contributed by atoms with Crippen molar-refractivity contribution in [1.29, 1.82) is 0 Å². The molecule has 19 heavy (non-hydrogen) atoms. The molecule has 0 spiro atoms. The van der Waals surface area contributed by atoms with Gasteiger partial charge in [-0.25, -0.2) is 4.39 Å². The van der Waals surface area contributed by atoms with Gasteiger partial charge in [0.1, 0.15) is 5.82 Å². The largest absolute Gasteiger partial charge is 0.391 e. The number of halogens is 1. The lowest BCUT2D eigenvalue weighted by Crippen LogP contribution is -2.37. The van der Waals surface area contributed by atoms with Gasteiger partial charge in [-0.15, -0.1) is 0 Å². The summed E-state index contributed by atoms with van der Waals surface area (Å²) in [6.45, 7) is 2.43. The molecule has 1 amide bonds. The van der Waals surface area contributed by atoms with E-state index in [9.17, 15) is 14.3 Å². The first-order chi connectivity index (χ1) is 9.01. The number of carbonyl (C=O) groups excluding carboxylic acids is 1. The summed E-state index contributed by atoms with van der Waals surface area (Å²) in [6.07, 6.45) is 0.835. The van der Waals surface area contributed by atoms with Crippen LogP contribution in [0.4, 0.5) is 10.1 Å². The van der Waals surface area contributed by atoms with Crippen molar-refractivity contribution in [1.82, 2.24) is 4.90 Å². The molecule has 0 bridgehead atoms. The summed E-state index contributed by atoms with van der Waals surface area (Å²) in [7, 11) is 3.37. The zero-order chi connectivity index (χ0) is 14.4. The van der Waals surface area contributed by atoms with Crippen LogP contribution in [0.1, 0.15) is 18.9 Å². The third kappa shape index (κ3) is 3.92. The number of likely N-dealkylation sites (N-methyl/N-ethyl adjacent to an activating group) is 1. The Morgan fingerprint density at radius 2 is 2.05 bits per heavy atom. The zero-order valence-electron chi connectivity index (χ0n) is 11.7. The molecule has 1 aromatic carbocycles. The minimum absolute atomic E-state index is 0.0541. The van der Waals surface area contributed by atoms with Gasteiger partial charge in [0.15, 0.2) is 0 Å². The van der Waals surface area contributed by atoms with E-state index in [2.05, 4.69) is 0 Å². The molecule has 106 valence electrons. The van der Waals surface area contributed by atoms with Gasteiger partial charge in [0.05, 0.1) is 13.2 Å². The zero-order valence-corrected chi connectivity index (χ0v) is 11.7. The summed E-state index contributed by atoms with van der Waals surface area (Å²) in [5.74, 6) is -0.500. The Morgan fingerprint density at radius 1 is 1.37 bits per heavy atom. The van der Waals surface area contributed by atoms with Crippen LogP contribution in [-0.2, 0) is 11.4 Å². The van der Waals surface area contributed by atoms with Gasteiger partial charge in [0.2, 0.25) is 5.91 Å². The average molecular weight is 268 g/mol. The van der Waals surface area contributed by atoms with Crippen molar-refractivity contribution in [2.24, 2.45) is 0 Å². The van der Waals surface area contributed by atoms with E-state index < -0.39 is 5.82 Å². The van der Waals surface area contributed by atoms with E-state index in [4.69, 9.17) is 0 Å². The van der Waals surface area contributed by atoms with Crippen LogP contribution in [0.3, 0.4) is 0 Å². The number of benzene rings is 1. The summed E-state index contributed by atoms with van der Waals surface area (Å²) < 4.78 is 13.7. The van der Waals surface area contributed by atoms with Gasteiger partial charge in [-0.3, -0.25) is 4.79 Å². The second-order valence-corrected chi connectivity index (χ2v) is 4.61. The lowest BCUT2D eigenvalue weighted by atomic mass is 10.1. The average Bonchev–Trinajstić information content (AvgIpc) is 2.37. The molecule has 0 aliphatic rings. The van der Waals surface area contributed by atoms with Crippen LogP contribution in [0, 0.1) is 5.82 Å². The van der Waals surface area contributed by atoms with Crippen molar-refractivity contribution >= 4 is 11.6 Å². The van der Waals surface area contributed by atoms with Crippen molar-refractivity contribution in [2.75, 3.05) is 32.1 Å². The highest BCUT2D eigenvalue weighted by atomic mass is 19.1. The van der Waals surface area contributed by atoms with Gasteiger partial charge < -0.3 is 14.9 Å². The van der Waals surface area contributed by atoms with Crippen molar-refractivity contribution in [3.05, 3.63) is 29.6 Å². The molecule has 0 unspecified atom stereocenters. The molecule has 0 aliphatic carbocycles. The maximum atomic E-state index is 13.7. The van der Waals surface area contributed by atoms with Crippen molar-refractivity contribution in [3.8, 4) is 0 Å². The summed E-state index contributed by atoms with van der Waals surface area (Å²) in [5.41, 5.74) is 0.821. The highest BCUT2D eigenvalue weighted by molar-refractivity contribution is 5.81. The molecular weight excluding hydrogens is 247 g/mol. The van der Waals surface area contributed by atoms with Crippen LogP contribution >= 0.6 is 0 Å². The van der Waals surface area contributed by atoms with Crippen molar-refractivity contribution in [3.63, 3.8) is 0 Å². The van der Waals surface area contributed by atoms with Crippen LogP contribution in [0.15, 0.2) is 18.2 Å². The smallest absolute Gasteiger partial charge is 0.241 e. The molecule has 0 aliphatic heterocycles. The fourth-order valence-electron chi connectivity index (χ4n) is 1.86. The van der Waals surface area contributed by atoms with E-state index in [1.165, 1.54) is 11.0 Å². The van der Waals surface area contributed by atoms with Crippen LogP contribution in [-0.4, -0.2) is 43.1 Å². The first kappa shape index (κ1) is 15.4. The number of hydrogen-bond acceptors (Lipinski definition) is 3. The molecule has 0 saturated carbocycles. The van der Waals surface area contributed by atoms with E-state index in [1.807, 2.05) is 6.92 Å². The number of anilines is 1. The van der Waals surface area contributed by atoms with Crippen LogP contribution < -0.4 is 4.90 Å². The number of carbonyl (C=O) groups is 1. The fourth-order valence-corrected chi connectivity index (χ4v) is 1.86. The van der Waals surface area contributed by atoms with Gasteiger partial charge in [0, 0.05) is 31.9 Å². The van der Waals surface area contributed by atoms with Gasteiger partial charge in [-0.05, 0) is 18.6 Å². The molecule has 0 aromatic heterocycles. The summed E-state index contributed by atoms with van der Waals surface area (Å²) >= 11 is 0. The van der Waals surface area contributed by atoms with Crippen LogP contribution in [0.5, 0.6) is 0 Å². The Bertz CT molecular complexity index is 435. The highest BCUT2D eigenvalue weighted by Gasteiger charge is 2.17. The van der Waals surface area contributed by atoms with E-state index in [-0.39, 0.29) is 24.6 Å². The van der Waals surface area contributed by atoms with Crippen LogP contribution in [0.2, 0.25) is 0 Å². The Labute approximate surface area is 113 Å². The van der Waals surface area contributed by atoms with Crippen LogP contribution in [0.25, 0.3) is 0 Å². The number of aliphatic hydroxyl groups is 1. The maximum absolute atomic E-state index is 13.7. The normalized spacial score (nSPS) is 10.4. The van der Waals surface area contributed by atoms with E-state index in [0.29, 0.717) is 12.2 Å². The second-order valence-electron chi connectivity index (χ2n) is 4.61. The third-order valence-corrected chi connectivity index (χ3v) is 2.91. The maximum Gasteiger partial charge on any atom is 0.241 e. The quantitative estimate of drug-likeness (QED) is 0.852. The fraction of sp³-hybridized carbons (Fsp3) is 0.500. The predicted octanol–water partition coefficient (Wildman–Crippen LogP) is 1.62. The number of hydrogen-bond donors (Lipinski definition) is 1. The first-order valence-corrected chi connectivity index (χ1v) is 6.34. The lowest BCUT2D eigenvalue weighted by Gasteiger charge is -2.27. The molecule has 1 rings (SSSR count). The molecule has 0 fully saturated rings. The minimum atomic E-state index is -0.446. The lowest BCUT2D eigenvalue weighted by molar-refractivity contribution is -0.127. The molecule has 0 atom stereocenters. The van der Waals surface area contributed by atoms with E-state index in [0.717, 1.165) is 6.42 Å². The van der Waals surface area contributed by atoms with Gasteiger partial charge >= 0.3 is 0 Å². The molecule has 1 N–H and O–H groups in total. The summed E-state index contributed by atoms with van der Waals surface area (Å²) in [4.78, 5) is 15.1. The highest BCUT2D eigenvalue weighted by Crippen LogP contribution is 2.23. The van der Waals surface area contributed by atoms with E-state index >= 15 is 0 Å². The first-order valence-electron chi connectivity index (χ1n) is 6.34. The monoisotopic (exact) mass is 268 g/mol. The molecule has 0 radical (unpaired) electrons. The Kier molecular flexibility index (Phi) is 5.76. The predicted molar refractivity (Wildman–Crippen MR) is 73.5 cm³/mol. The van der Waals surface area contributed by atoms with Gasteiger partial charge in [-0.2, -0.15) is 0 Å². The number of nitrogens with zero attached hydrogens (tertiary/aromatic N) is 2. The summed E-state index contributed by atoms with van der Waals surface area (Å²) in [5, 5.41) is 9.30. The Balaban J connectivity index is 3.05. The second kappa shape index (κ2) is 7.09. The molecule has 5 heteroatoms. The van der Waals surface area contributed by atoms with Crippen molar-refractivity contribution in [2.45, 2.75) is 20.0 Å². The SMILES string of the molecule is CCCN(CC(=O)N(C)C)c1cccc(F)c1CO. The summed E-state index contributed by atoms with van der Waals surface area (Å²) in [6, 6.07) is 4.63. The standard InChI is InChI=1S/C14H21FN2O2/c1-4-8-17(9-14(19)16(2)3)13-7-5-6-12(15)11(13)10-18/h5-7,18H,4,8-10H2,1-3H3. The number of aliphatic hydroxyl groups excluding tert-OH is 1. The van der Waals surface area contributed by atoms with Gasteiger partial charge in [-0.1, -0.05) is 13.0 Å². The Morgan fingerprint density at radius 3 is 2.58 bits per heavy atom. The molecule has 0 heterocycles. The Hall–Kier alpha value is -1.62. The number of amides is 1. The molecular formula is C14H21FN2O2. The van der Waals surface area contributed by atoms with Crippen molar-refractivity contribution < 1.29 is 14.3 Å². The minimum Gasteiger partial charge on any atom is -0.391 e.